The molecule has 0 aliphatic heterocycles. The molecule has 0 aliphatic rings. The molecule has 146 valence electrons. The van der Waals surface area contributed by atoms with Gasteiger partial charge < -0.3 is 4.52 Å². The predicted octanol–water partition coefficient (Wildman–Crippen LogP) is 6.04. The molecule has 6 nitrogen and oxygen atoms in total. The molecule has 0 fully saturated rings. The average Bonchev–Trinajstić information content (AvgIpc) is 3.39. The molecule has 1 N–H and O–H groups in total. The Morgan fingerprint density at radius 1 is 1.07 bits per heavy atom. The lowest BCUT2D eigenvalue weighted by atomic mass is 10.1. The van der Waals surface area contributed by atoms with E-state index >= 15 is 0 Å². The molecule has 1 amide bonds. The van der Waals surface area contributed by atoms with Gasteiger partial charge in [-0.3, -0.25) is 10.1 Å². The van der Waals surface area contributed by atoms with Crippen LogP contribution in [0.15, 0.2) is 63.5 Å². The molecule has 0 saturated carbocycles. The molecule has 0 unspecified atom stereocenters. The van der Waals surface area contributed by atoms with Crippen molar-refractivity contribution in [3.63, 3.8) is 0 Å². The van der Waals surface area contributed by atoms with Crippen LogP contribution in [0.25, 0.3) is 11.3 Å². The Morgan fingerprint density at radius 3 is 2.69 bits per heavy atom. The lowest BCUT2D eigenvalue weighted by molar-refractivity contribution is 0.101. The van der Waals surface area contributed by atoms with Crippen molar-refractivity contribution in [1.82, 2.24) is 15.4 Å². The van der Waals surface area contributed by atoms with E-state index in [1.165, 1.54) is 23.1 Å². The standard InChI is InChI=1S/C19H12Cl2N4O2S2/c20-13-7-6-11(8-14(13)21)10-28-19-24-23-18(29-19)22-17(26)15-9-16(27-25-15)12-4-2-1-3-5-12/h1-9H,10H2,(H,22,23,26). The summed E-state index contributed by atoms with van der Waals surface area (Å²) in [7, 11) is 0. The van der Waals surface area contributed by atoms with Crippen LogP contribution in [0.2, 0.25) is 10.0 Å². The molecule has 0 bridgehead atoms. The smallest absolute Gasteiger partial charge is 0.279 e. The molecule has 0 radical (unpaired) electrons. The van der Waals surface area contributed by atoms with Crippen LogP contribution in [0, 0.1) is 0 Å². The van der Waals surface area contributed by atoms with Crippen molar-refractivity contribution in [1.29, 1.82) is 0 Å². The summed E-state index contributed by atoms with van der Waals surface area (Å²) >= 11 is 14.7. The van der Waals surface area contributed by atoms with Crippen LogP contribution in [0.3, 0.4) is 0 Å². The van der Waals surface area contributed by atoms with E-state index in [4.69, 9.17) is 27.7 Å². The Morgan fingerprint density at radius 2 is 1.90 bits per heavy atom. The minimum atomic E-state index is -0.409. The highest BCUT2D eigenvalue weighted by Crippen LogP contribution is 2.31. The second-order valence-corrected chi connectivity index (χ2v) is 8.82. The zero-order chi connectivity index (χ0) is 20.2. The number of thioether (sulfide) groups is 1. The largest absolute Gasteiger partial charge is 0.355 e. The monoisotopic (exact) mass is 462 g/mol. The van der Waals surface area contributed by atoms with E-state index in [1.54, 1.807) is 12.1 Å². The topological polar surface area (TPSA) is 80.9 Å². The van der Waals surface area contributed by atoms with Crippen LogP contribution in [0.5, 0.6) is 0 Å². The molecule has 10 heteroatoms. The highest BCUT2D eigenvalue weighted by atomic mass is 35.5. The van der Waals surface area contributed by atoms with Crippen LogP contribution in [0.4, 0.5) is 5.13 Å². The van der Waals surface area contributed by atoms with Crippen LogP contribution in [0.1, 0.15) is 16.1 Å². The summed E-state index contributed by atoms with van der Waals surface area (Å²) in [6, 6.07) is 16.5. The quantitative estimate of drug-likeness (QED) is 0.277. The maximum absolute atomic E-state index is 12.4. The van der Waals surface area contributed by atoms with Gasteiger partial charge in [0.15, 0.2) is 15.8 Å². The van der Waals surface area contributed by atoms with E-state index in [2.05, 4.69) is 20.7 Å². The number of carbonyl (C=O) groups is 1. The lowest BCUT2D eigenvalue weighted by Gasteiger charge is -2.01. The number of nitrogens with one attached hydrogen (secondary N) is 1. The van der Waals surface area contributed by atoms with Crippen LogP contribution in [-0.2, 0) is 5.75 Å². The van der Waals surface area contributed by atoms with E-state index in [0.717, 1.165) is 15.5 Å². The first kappa shape index (κ1) is 19.9. The van der Waals surface area contributed by atoms with Crippen molar-refractivity contribution in [3.05, 3.63) is 75.9 Å². The maximum Gasteiger partial charge on any atom is 0.279 e. The molecule has 4 aromatic rings. The number of carbonyl (C=O) groups excluding carboxylic acids is 1. The Bertz CT molecular complexity index is 1150. The second-order valence-electron chi connectivity index (χ2n) is 5.81. The van der Waals surface area contributed by atoms with Gasteiger partial charge in [0.1, 0.15) is 0 Å². The maximum atomic E-state index is 12.4. The van der Waals surface area contributed by atoms with Crippen molar-refractivity contribution < 1.29 is 9.32 Å². The van der Waals surface area contributed by atoms with E-state index in [-0.39, 0.29) is 5.69 Å². The molecule has 0 atom stereocenters. The Hall–Kier alpha value is -2.39. The molecule has 0 spiro atoms. The molecule has 0 saturated heterocycles. The number of nitrogens with zero attached hydrogens (tertiary/aromatic N) is 3. The zero-order valence-electron chi connectivity index (χ0n) is 14.6. The fourth-order valence-corrected chi connectivity index (χ4v) is 4.39. The van der Waals surface area contributed by atoms with Gasteiger partial charge in [-0.1, -0.05) is 87.9 Å². The minimum absolute atomic E-state index is 0.170. The van der Waals surface area contributed by atoms with Crippen molar-refractivity contribution in [3.8, 4) is 11.3 Å². The summed E-state index contributed by atoms with van der Waals surface area (Å²) in [6.45, 7) is 0. The van der Waals surface area contributed by atoms with Gasteiger partial charge in [-0.15, -0.1) is 10.2 Å². The number of hydrogen-bond acceptors (Lipinski definition) is 7. The third-order valence-corrected chi connectivity index (χ3v) is 6.56. The van der Waals surface area contributed by atoms with Gasteiger partial charge in [0.25, 0.3) is 5.91 Å². The Kier molecular flexibility index (Phi) is 6.15. The van der Waals surface area contributed by atoms with Crippen LogP contribution < -0.4 is 5.32 Å². The molecule has 29 heavy (non-hydrogen) atoms. The fourth-order valence-electron chi connectivity index (χ4n) is 2.37. The molecule has 2 heterocycles. The SMILES string of the molecule is O=C(Nc1nnc(SCc2ccc(Cl)c(Cl)c2)s1)c1cc(-c2ccccc2)on1. The number of aromatic nitrogens is 3. The van der Waals surface area contributed by atoms with Crippen molar-refractivity contribution in [2.45, 2.75) is 10.1 Å². The number of anilines is 1. The summed E-state index contributed by atoms with van der Waals surface area (Å²) in [5, 5.41) is 16.0. The van der Waals surface area contributed by atoms with Crippen molar-refractivity contribution in [2.24, 2.45) is 0 Å². The molecular weight excluding hydrogens is 451 g/mol. The first-order valence-electron chi connectivity index (χ1n) is 8.32. The number of benzene rings is 2. The lowest BCUT2D eigenvalue weighted by Crippen LogP contribution is -2.11. The molecule has 0 aliphatic carbocycles. The first-order chi connectivity index (χ1) is 14.1. The number of amides is 1. The van der Waals surface area contributed by atoms with E-state index in [1.807, 2.05) is 42.5 Å². The Balaban J connectivity index is 1.37. The number of rotatable bonds is 6. The van der Waals surface area contributed by atoms with Gasteiger partial charge in [0.05, 0.1) is 10.0 Å². The summed E-state index contributed by atoms with van der Waals surface area (Å²) in [4.78, 5) is 12.4. The van der Waals surface area contributed by atoms with Crippen LogP contribution >= 0.6 is 46.3 Å². The van der Waals surface area contributed by atoms with Gasteiger partial charge in [0.2, 0.25) is 5.13 Å². The summed E-state index contributed by atoms with van der Waals surface area (Å²) < 4.78 is 5.97. The molecule has 2 aromatic heterocycles. The number of halogens is 2. The van der Waals surface area contributed by atoms with Crippen molar-refractivity contribution >= 4 is 57.3 Å². The van der Waals surface area contributed by atoms with Gasteiger partial charge in [-0.05, 0) is 17.7 Å². The van der Waals surface area contributed by atoms with Gasteiger partial charge in [-0.2, -0.15) is 0 Å². The minimum Gasteiger partial charge on any atom is -0.355 e. The Labute approximate surface area is 184 Å². The first-order valence-corrected chi connectivity index (χ1v) is 10.9. The highest BCUT2D eigenvalue weighted by molar-refractivity contribution is 8.00. The summed E-state index contributed by atoms with van der Waals surface area (Å²) in [5.74, 6) is 0.766. The third kappa shape index (κ3) is 4.97. The molecule has 4 rings (SSSR count). The van der Waals surface area contributed by atoms with Crippen LogP contribution in [-0.4, -0.2) is 21.3 Å². The van der Waals surface area contributed by atoms with Gasteiger partial charge >= 0.3 is 0 Å². The van der Waals surface area contributed by atoms with Gasteiger partial charge in [0, 0.05) is 17.4 Å². The molecule has 2 aromatic carbocycles. The van der Waals surface area contributed by atoms with E-state index in [9.17, 15) is 4.79 Å². The van der Waals surface area contributed by atoms with Gasteiger partial charge in [-0.25, -0.2) is 0 Å². The highest BCUT2D eigenvalue weighted by Gasteiger charge is 2.16. The summed E-state index contributed by atoms with van der Waals surface area (Å²) in [5.41, 5.74) is 2.03. The van der Waals surface area contributed by atoms with E-state index < -0.39 is 5.91 Å². The third-order valence-electron chi connectivity index (χ3n) is 3.77. The molecular formula is C19H12Cl2N4O2S2. The number of hydrogen-bond donors (Lipinski definition) is 1. The van der Waals surface area contributed by atoms with E-state index in [0.29, 0.717) is 26.7 Å². The second kappa shape index (κ2) is 8.96. The zero-order valence-corrected chi connectivity index (χ0v) is 17.8. The summed E-state index contributed by atoms with van der Waals surface area (Å²) in [6.07, 6.45) is 0. The average molecular weight is 463 g/mol. The normalized spacial score (nSPS) is 10.8. The predicted molar refractivity (Wildman–Crippen MR) is 116 cm³/mol. The fraction of sp³-hybridized carbons (Fsp3) is 0.0526. The van der Waals surface area contributed by atoms with Crippen molar-refractivity contribution in [2.75, 3.05) is 5.32 Å².